The van der Waals surface area contributed by atoms with Crippen molar-refractivity contribution in [2.24, 2.45) is 0 Å². The van der Waals surface area contributed by atoms with Gasteiger partial charge >= 0.3 is 0 Å². The van der Waals surface area contributed by atoms with Crippen LogP contribution in [0.1, 0.15) is 0 Å². The molecule has 0 amide bonds. The van der Waals surface area contributed by atoms with E-state index >= 15 is 0 Å². The molecule has 15 heavy (non-hydrogen) atoms. The monoisotopic (exact) mass is 233 g/mol. The molecule has 0 unspecified atom stereocenters. The van der Waals surface area contributed by atoms with Crippen LogP contribution in [-0.2, 0) is 10.0 Å². The summed E-state index contributed by atoms with van der Waals surface area (Å²) in [6.07, 6.45) is 0. The van der Waals surface area contributed by atoms with Gasteiger partial charge in [0.15, 0.2) is 0 Å². The summed E-state index contributed by atoms with van der Waals surface area (Å²) in [5, 5.41) is 8.62. The van der Waals surface area contributed by atoms with E-state index in [1.54, 1.807) is 0 Å². The molecule has 0 heterocycles. The summed E-state index contributed by atoms with van der Waals surface area (Å²) in [6.45, 7) is -0.360. The molecule has 0 aromatic heterocycles. The minimum atomic E-state index is -3.83. The van der Waals surface area contributed by atoms with Crippen LogP contribution in [0.25, 0.3) is 0 Å². The molecule has 0 fully saturated rings. The maximum atomic E-state index is 13.2. The van der Waals surface area contributed by atoms with Gasteiger partial charge in [-0.3, -0.25) is 0 Å². The maximum Gasteiger partial charge on any atom is 0.245 e. The number of aliphatic hydroxyl groups is 1. The third-order valence-corrected chi connectivity index (χ3v) is 3.83. The highest BCUT2D eigenvalue weighted by molar-refractivity contribution is 7.89. The van der Waals surface area contributed by atoms with Crippen LogP contribution in [0.3, 0.4) is 0 Å². The van der Waals surface area contributed by atoms with E-state index in [0.29, 0.717) is 0 Å². The normalized spacial score (nSPS) is 12.0. The summed E-state index contributed by atoms with van der Waals surface area (Å²) in [5.41, 5.74) is 0. The molecule has 0 radical (unpaired) electrons. The van der Waals surface area contributed by atoms with E-state index in [1.807, 2.05) is 0 Å². The number of likely N-dealkylation sites (N-methyl/N-ethyl adjacent to an activating group) is 1. The van der Waals surface area contributed by atoms with Crippen molar-refractivity contribution in [3.05, 3.63) is 30.1 Å². The third kappa shape index (κ3) is 2.53. The molecular weight excluding hydrogens is 221 g/mol. The number of sulfonamides is 1. The number of halogens is 1. The fourth-order valence-electron chi connectivity index (χ4n) is 1.08. The highest BCUT2D eigenvalue weighted by Crippen LogP contribution is 2.17. The lowest BCUT2D eigenvalue weighted by atomic mass is 10.4. The Morgan fingerprint density at radius 1 is 1.40 bits per heavy atom. The van der Waals surface area contributed by atoms with Crippen molar-refractivity contribution in [1.82, 2.24) is 4.31 Å². The molecular formula is C9H12FNO3S. The van der Waals surface area contributed by atoms with Gasteiger partial charge in [0.05, 0.1) is 6.61 Å². The fourth-order valence-corrected chi connectivity index (χ4v) is 2.31. The van der Waals surface area contributed by atoms with E-state index in [0.717, 1.165) is 10.4 Å². The zero-order valence-corrected chi connectivity index (χ0v) is 9.04. The molecule has 1 aromatic carbocycles. The van der Waals surface area contributed by atoms with Gasteiger partial charge in [-0.25, -0.2) is 12.8 Å². The van der Waals surface area contributed by atoms with Crippen molar-refractivity contribution >= 4 is 10.0 Å². The molecule has 0 bridgehead atoms. The summed E-state index contributed by atoms with van der Waals surface area (Å²) in [6, 6.07) is 5.14. The Balaban J connectivity index is 3.12. The number of nitrogens with zero attached hydrogens (tertiary/aromatic N) is 1. The Morgan fingerprint density at radius 2 is 2.00 bits per heavy atom. The van der Waals surface area contributed by atoms with Gasteiger partial charge in [-0.2, -0.15) is 4.31 Å². The minimum absolute atomic E-state index is 0.0589. The largest absolute Gasteiger partial charge is 0.395 e. The Bertz CT molecular complexity index is 433. The van der Waals surface area contributed by atoms with Crippen molar-refractivity contribution in [1.29, 1.82) is 0 Å². The minimum Gasteiger partial charge on any atom is -0.395 e. The summed E-state index contributed by atoms with van der Waals surface area (Å²) in [7, 11) is -2.54. The smallest absolute Gasteiger partial charge is 0.245 e. The molecule has 0 saturated heterocycles. The lowest BCUT2D eigenvalue weighted by Gasteiger charge is -2.15. The van der Waals surface area contributed by atoms with E-state index < -0.39 is 15.8 Å². The molecule has 0 saturated carbocycles. The van der Waals surface area contributed by atoms with Gasteiger partial charge in [-0.05, 0) is 12.1 Å². The Kier molecular flexibility index (Phi) is 3.78. The lowest BCUT2D eigenvalue weighted by Crippen LogP contribution is -2.30. The predicted molar refractivity (Wildman–Crippen MR) is 53.3 cm³/mol. The van der Waals surface area contributed by atoms with Crippen LogP contribution < -0.4 is 0 Å². The van der Waals surface area contributed by atoms with Crippen LogP contribution >= 0.6 is 0 Å². The van der Waals surface area contributed by atoms with E-state index in [9.17, 15) is 12.8 Å². The van der Waals surface area contributed by atoms with Crippen molar-refractivity contribution in [3.8, 4) is 0 Å². The van der Waals surface area contributed by atoms with E-state index in [-0.39, 0.29) is 18.0 Å². The zero-order chi connectivity index (χ0) is 11.5. The molecule has 0 aliphatic heterocycles. The first-order chi connectivity index (χ1) is 7.00. The molecule has 1 aromatic rings. The molecule has 4 nitrogen and oxygen atoms in total. The third-order valence-electron chi connectivity index (χ3n) is 1.94. The zero-order valence-electron chi connectivity index (χ0n) is 8.22. The quantitative estimate of drug-likeness (QED) is 0.821. The van der Waals surface area contributed by atoms with Gasteiger partial charge in [-0.15, -0.1) is 0 Å². The van der Waals surface area contributed by atoms with Gasteiger partial charge in [0.1, 0.15) is 10.7 Å². The van der Waals surface area contributed by atoms with E-state index in [4.69, 9.17) is 5.11 Å². The second kappa shape index (κ2) is 4.69. The van der Waals surface area contributed by atoms with E-state index in [1.165, 1.54) is 25.2 Å². The molecule has 0 aliphatic rings. The highest BCUT2D eigenvalue weighted by atomic mass is 32.2. The predicted octanol–water partition coefficient (Wildman–Crippen LogP) is 0.438. The number of benzene rings is 1. The molecule has 0 aliphatic carbocycles. The number of rotatable bonds is 4. The van der Waals surface area contributed by atoms with Crippen LogP contribution in [0.4, 0.5) is 4.39 Å². The second-order valence-corrected chi connectivity index (χ2v) is 4.99. The fraction of sp³-hybridized carbons (Fsp3) is 0.333. The van der Waals surface area contributed by atoms with Crippen LogP contribution in [0.5, 0.6) is 0 Å². The molecule has 0 spiro atoms. The average Bonchev–Trinajstić information content (AvgIpc) is 2.18. The van der Waals surface area contributed by atoms with E-state index in [2.05, 4.69) is 0 Å². The molecule has 84 valence electrons. The van der Waals surface area contributed by atoms with Gasteiger partial charge < -0.3 is 5.11 Å². The Labute approximate surface area is 88.0 Å². The van der Waals surface area contributed by atoms with Crippen LogP contribution in [-0.4, -0.2) is 38.0 Å². The SMILES string of the molecule is CN(CCO)S(=O)(=O)c1ccccc1F. The van der Waals surface area contributed by atoms with Gasteiger partial charge in [-0.1, -0.05) is 12.1 Å². The molecule has 0 atom stereocenters. The first-order valence-electron chi connectivity index (χ1n) is 4.32. The summed E-state index contributed by atoms with van der Waals surface area (Å²) in [5.74, 6) is -0.790. The molecule has 1 rings (SSSR count). The Hall–Kier alpha value is -0.980. The van der Waals surface area contributed by atoms with Crippen molar-refractivity contribution in [2.45, 2.75) is 4.90 Å². The van der Waals surface area contributed by atoms with Crippen LogP contribution in [0.15, 0.2) is 29.2 Å². The first-order valence-corrected chi connectivity index (χ1v) is 5.76. The van der Waals surface area contributed by atoms with Gasteiger partial charge in [0, 0.05) is 13.6 Å². The summed E-state index contributed by atoms with van der Waals surface area (Å²) >= 11 is 0. The first kappa shape index (κ1) is 12.1. The summed E-state index contributed by atoms with van der Waals surface area (Å²) < 4.78 is 37.6. The number of hydrogen-bond donors (Lipinski definition) is 1. The molecule has 6 heteroatoms. The van der Waals surface area contributed by atoms with Crippen molar-refractivity contribution < 1.29 is 17.9 Å². The highest BCUT2D eigenvalue weighted by Gasteiger charge is 2.23. The number of hydrogen-bond acceptors (Lipinski definition) is 3. The topological polar surface area (TPSA) is 57.6 Å². The molecule has 1 N–H and O–H groups in total. The van der Waals surface area contributed by atoms with Crippen LogP contribution in [0, 0.1) is 5.82 Å². The summed E-state index contributed by atoms with van der Waals surface area (Å²) in [4.78, 5) is -0.374. The van der Waals surface area contributed by atoms with Crippen molar-refractivity contribution in [2.75, 3.05) is 20.2 Å². The average molecular weight is 233 g/mol. The standard InChI is InChI=1S/C9H12FNO3S/c1-11(6-7-12)15(13,14)9-5-3-2-4-8(9)10/h2-5,12H,6-7H2,1H3. The van der Waals surface area contributed by atoms with Gasteiger partial charge in [0.2, 0.25) is 10.0 Å². The Morgan fingerprint density at radius 3 is 2.53 bits per heavy atom. The van der Waals surface area contributed by atoms with Crippen molar-refractivity contribution in [3.63, 3.8) is 0 Å². The van der Waals surface area contributed by atoms with Crippen LogP contribution in [0.2, 0.25) is 0 Å². The van der Waals surface area contributed by atoms with Gasteiger partial charge in [0.25, 0.3) is 0 Å². The second-order valence-electron chi connectivity index (χ2n) is 2.98. The number of aliphatic hydroxyl groups excluding tert-OH is 1. The maximum absolute atomic E-state index is 13.2. The lowest BCUT2D eigenvalue weighted by molar-refractivity contribution is 0.266.